The van der Waals surface area contributed by atoms with E-state index in [-0.39, 0.29) is 0 Å². The lowest BCUT2D eigenvalue weighted by Crippen LogP contribution is -2.74. The van der Waals surface area contributed by atoms with Crippen molar-refractivity contribution < 1.29 is 0 Å². The topological polar surface area (TPSA) is 14.8 Å². The van der Waals surface area contributed by atoms with Crippen LogP contribution in [0.4, 0.5) is 0 Å². The van der Waals surface area contributed by atoms with Crippen molar-refractivity contribution in [1.82, 2.24) is 13.7 Å². The highest BCUT2D eigenvalue weighted by Gasteiger charge is 2.41. The van der Waals surface area contributed by atoms with Gasteiger partial charge < -0.3 is 13.7 Å². The van der Waals surface area contributed by atoms with Gasteiger partial charge in [-0.3, -0.25) is 0 Å². The van der Waals surface area contributed by atoms with Crippen molar-refractivity contribution in [2.24, 2.45) is 0 Å². The third-order valence-corrected chi connectivity index (χ3v) is 19.5. The Morgan fingerprint density at radius 3 is 1.11 bits per heavy atom. The van der Waals surface area contributed by atoms with Crippen molar-refractivity contribution in [2.45, 2.75) is 0 Å². The van der Waals surface area contributed by atoms with Gasteiger partial charge in [0.15, 0.2) is 8.07 Å². The Labute approximate surface area is 407 Å². The summed E-state index contributed by atoms with van der Waals surface area (Å²) in [6, 6.07) is 101. The summed E-state index contributed by atoms with van der Waals surface area (Å²) < 4.78 is 7.57. The second kappa shape index (κ2) is 16.1. The van der Waals surface area contributed by atoms with E-state index in [1.165, 1.54) is 86.3 Å². The zero-order valence-corrected chi connectivity index (χ0v) is 39.3. The maximum absolute atomic E-state index is 2.81. The van der Waals surface area contributed by atoms with E-state index in [9.17, 15) is 0 Å². The van der Waals surface area contributed by atoms with E-state index in [0.717, 1.165) is 28.1 Å². The number of rotatable bonds is 8. The average molecular weight is 908 g/mol. The lowest BCUT2D eigenvalue weighted by Gasteiger charge is -2.34. The Morgan fingerprint density at radius 2 is 0.614 bits per heavy atom. The van der Waals surface area contributed by atoms with Crippen LogP contribution in [0, 0.1) is 0 Å². The molecule has 14 aromatic rings. The zero-order valence-electron chi connectivity index (χ0n) is 38.3. The normalized spacial score (nSPS) is 12.0. The number of aromatic nitrogens is 3. The second-order valence-electron chi connectivity index (χ2n) is 18.4. The maximum Gasteiger partial charge on any atom is 0.179 e. The molecule has 3 aromatic heterocycles. The molecule has 0 fully saturated rings. The minimum absolute atomic E-state index is 1.11. The van der Waals surface area contributed by atoms with Gasteiger partial charge in [-0.25, -0.2) is 0 Å². The Hall–Kier alpha value is -8.96. The van der Waals surface area contributed by atoms with E-state index < -0.39 is 8.07 Å². The molecule has 0 aliphatic carbocycles. The number of hydrogen-bond acceptors (Lipinski definition) is 0. The summed E-state index contributed by atoms with van der Waals surface area (Å²) in [4.78, 5) is 0. The van der Waals surface area contributed by atoms with Crippen molar-refractivity contribution in [3.8, 4) is 28.2 Å². The largest absolute Gasteiger partial charge is 0.307 e. The van der Waals surface area contributed by atoms with Crippen LogP contribution in [0.3, 0.4) is 0 Å². The van der Waals surface area contributed by atoms with Crippen LogP contribution in [0.25, 0.3) is 93.6 Å². The van der Waals surface area contributed by atoms with Crippen LogP contribution >= 0.6 is 0 Å². The van der Waals surface area contributed by atoms with Gasteiger partial charge in [0, 0.05) is 38.0 Å². The smallest absolute Gasteiger partial charge is 0.179 e. The first kappa shape index (κ1) is 40.1. The van der Waals surface area contributed by atoms with Crippen LogP contribution < -0.4 is 20.7 Å². The lowest BCUT2D eigenvalue weighted by molar-refractivity contribution is 1.11. The third kappa shape index (κ3) is 5.94. The highest BCUT2D eigenvalue weighted by Crippen LogP contribution is 2.43. The summed E-state index contributed by atoms with van der Waals surface area (Å²) in [5.74, 6) is 0. The van der Waals surface area contributed by atoms with Crippen LogP contribution in [-0.2, 0) is 0 Å². The number of nitrogens with zero attached hydrogens (tertiary/aromatic N) is 3. The highest BCUT2D eigenvalue weighted by atomic mass is 28.3. The Morgan fingerprint density at radius 1 is 0.229 bits per heavy atom. The molecule has 0 N–H and O–H groups in total. The van der Waals surface area contributed by atoms with Crippen molar-refractivity contribution in [3.63, 3.8) is 0 Å². The fourth-order valence-corrected chi connectivity index (χ4v) is 16.6. The number of fused-ring (bicyclic) bond motifs is 9. The van der Waals surface area contributed by atoms with Gasteiger partial charge in [-0.15, -0.1) is 0 Å². The summed E-state index contributed by atoms with van der Waals surface area (Å²) in [5, 5.41) is 12.8. The van der Waals surface area contributed by atoms with Crippen molar-refractivity contribution in [2.75, 3.05) is 0 Å². The van der Waals surface area contributed by atoms with Gasteiger partial charge in [0.1, 0.15) is 0 Å². The van der Waals surface area contributed by atoms with Crippen molar-refractivity contribution in [3.05, 3.63) is 273 Å². The van der Waals surface area contributed by atoms with E-state index in [1.807, 2.05) is 0 Å². The molecule has 14 rings (SSSR count). The highest BCUT2D eigenvalue weighted by molar-refractivity contribution is 7.20. The third-order valence-electron chi connectivity index (χ3n) is 14.8. The summed E-state index contributed by atoms with van der Waals surface area (Å²) in [6.45, 7) is 0. The minimum Gasteiger partial charge on any atom is -0.307 e. The van der Waals surface area contributed by atoms with E-state index in [2.05, 4.69) is 287 Å². The minimum atomic E-state index is -2.81. The summed E-state index contributed by atoms with van der Waals surface area (Å²) in [7, 11) is -2.81. The van der Waals surface area contributed by atoms with Gasteiger partial charge in [0.2, 0.25) is 0 Å². The van der Waals surface area contributed by atoms with Crippen LogP contribution in [0.1, 0.15) is 0 Å². The molecule has 0 unspecified atom stereocenters. The standard InChI is InChI=1S/C66H45N3Si/c1-5-22-46(23-6-1)47-24-19-25-48(44-47)67-65-56(35-20-40-63(65)68-59-37-16-13-32-53(59)54-33-14-17-38-60(54)68)57-36-21-41-64(66(57)67)69-61-39-18-15-34-55(61)58-45-52(42-43-62(58)69)70(49-26-7-2-8-27-49,50-28-9-3-10-29-50)51-30-11-4-12-31-51/h1-45H. The molecule has 0 bridgehead atoms. The molecule has 0 aliphatic rings. The molecule has 3 nitrogen and oxygen atoms in total. The predicted octanol–water partition coefficient (Wildman–Crippen LogP) is 14.0. The van der Waals surface area contributed by atoms with Crippen LogP contribution in [0.5, 0.6) is 0 Å². The number of hydrogen-bond donors (Lipinski definition) is 0. The van der Waals surface area contributed by atoms with Gasteiger partial charge >= 0.3 is 0 Å². The van der Waals surface area contributed by atoms with E-state index in [1.54, 1.807) is 0 Å². The number of para-hydroxylation sites is 5. The first-order valence-corrected chi connectivity index (χ1v) is 26.2. The molecular weight excluding hydrogens is 863 g/mol. The van der Waals surface area contributed by atoms with E-state index in [4.69, 9.17) is 0 Å². The zero-order chi connectivity index (χ0) is 46.2. The summed E-state index contributed by atoms with van der Waals surface area (Å²) >= 11 is 0. The van der Waals surface area contributed by atoms with Gasteiger partial charge in [-0.2, -0.15) is 0 Å². The Balaban J connectivity index is 1.10. The van der Waals surface area contributed by atoms with Crippen LogP contribution in [0.2, 0.25) is 0 Å². The molecule has 328 valence electrons. The second-order valence-corrected chi connectivity index (χ2v) is 22.2. The summed E-state index contributed by atoms with van der Waals surface area (Å²) in [5.41, 5.74) is 12.8. The Bertz CT molecular complexity index is 4130. The molecule has 0 spiro atoms. The maximum atomic E-state index is 2.55. The quantitative estimate of drug-likeness (QED) is 0.107. The predicted molar refractivity (Wildman–Crippen MR) is 299 cm³/mol. The first-order valence-electron chi connectivity index (χ1n) is 24.2. The molecule has 0 atom stereocenters. The molecule has 0 radical (unpaired) electrons. The van der Waals surface area contributed by atoms with E-state index in [0.29, 0.717) is 0 Å². The van der Waals surface area contributed by atoms with Crippen molar-refractivity contribution in [1.29, 1.82) is 0 Å². The number of benzene rings is 11. The molecule has 0 saturated carbocycles. The van der Waals surface area contributed by atoms with Crippen LogP contribution in [-0.4, -0.2) is 21.8 Å². The monoisotopic (exact) mass is 907 g/mol. The van der Waals surface area contributed by atoms with E-state index >= 15 is 0 Å². The molecule has 4 heteroatoms. The molecule has 0 amide bonds. The molecular formula is C66H45N3Si. The molecule has 0 saturated heterocycles. The first-order chi connectivity index (χ1) is 34.8. The SMILES string of the molecule is c1ccc(-c2cccc(-n3c4c(-n5c6ccccc6c6ccccc65)cccc4c4cccc(-n5c6ccccc6c6cc([Si](c7ccccc7)(c7ccccc7)c7ccccc7)ccc65)c43)c2)cc1. The van der Waals surface area contributed by atoms with Gasteiger partial charge in [0.25, 0.3) is 0 Å². The molecule has 3 heterocycles. The fraction of sp³-hybridized carbons (Fsp3) is 0. The van der Waals surface area contributed by atoms with Crippen LogP contribution in [0.15, 0.2) is 273 Å². The summed E-state index contributed by atoms with van der Waals surface area (Å²) in [6.07, 6.45) is 0. The molecule has 70 heavy (non-hydrogen) atoms. The van der Waals surface area contributed by atoms with Gasteiger partial charge in [0.05, 0.1) is 44.5 Å². The Kier molecular flexibility index (Phi) is 9.23. The molecule has 0 aliphatic heterocycles. The lowest BCUT2D eigenvalue weighted by atomic mass is 10.1. The van der Waals surface area contributed by atoms with Gasteiger partial charge in [-0.1, -0.05) is 224 Å². The van der Waals surface area contributed by atoms with Gasteiger partial charge in [-0.05, 0) is 80.4 Å². The van der Waals surface area contributed by atoms with Crippen molar-refractivity contribution >= 4 is 94.2 Å². The molecule has 11 aromatic carbocycles. The average Bonchev–Trinajstić information content (AvgIpc) is 4.09. The fourth-order valence-electron chi connectivity index (χ4n) is 11.9.